The van der Waals surface area contributed by atoms with Gasteiger partial charge in [-0.05, 0) is 81.1 Å². The first-order chi connectivity index (χ1) is 15.1. The molecular weight excluding hydrogens is 426 g/mol. The third-order valence-corrected chi connectivity index (χ3v) is 4.82. The molecule has 6 nitrogen and oxygen atoms in total. The number of esters is 1. The van der Waals surface area contributed by atoms with E-state index in [0.29, 0.717) is 11.3 Å². The van der Waals surface area contributed by atoms with E-state index in [1.165, 1.54) is 6.07 Å². The van der Waals surface area contributed by atoms with Crippen molar-refractivity contribution in [2.75, 3.05) is 11.1 Å². The zero-order chi connectivity index (χ0) is 23.3. The summed E-state index contributed by atoms with van der Waals surface area (Å²) in [5.41, 5.74) is 9.08. The van der Waals surface area contributed by atoms with E-state index in [0.717, 1.165) is 24.0 Å². The highest BCUT2D eigenvalue weighted by molar-refractivity contribution is 6.29. The molecule has 0 saturated carbocycles. The van der Waals surface area contributed by atoms with Crippen molar-refractivity contribution >= 4 is 34.9 Å². The number of hydrogen-bond acceptors (Lipinski definition) is 5. The van der Waals surface area contributed by atoms with Gasteiger partial charge in [-0.25, -0.2) is 9.78 Å². The second-order valence-electron chi connectivity index (χ2n) is 8.42. The summed E-state index contributed by atoms with van der Waals surface area (Å²) >= 11 is 5.85. The summed E-state index contributed by atoms with van der Waals surface area (Å²) in [6.07, 6.45) is 1.64. The quantitative estimate of drug-likeness (QED) is 0.391. The normalized spacial score (nSPS) is 11.1. The lowest BCUT2D eigenvalue weighted by Crippen LogP contribution is -2.23. The van der Waals surface area contributed by atoms with Gasteiger partial charge in [0.25, 0.3) is 5.91 Å². The van der Waals surface area contributed by atoms with Gasteiger partial charge in [0.15, 0.2) is 5.69 Å². The van der Waals surface area contributed by atoms with Gasteiger partial charge in [-0.1, -0.05) is 35.9 Å². The molecule has 3 aromatic rings. The number of nitrogens with zero attached hydrogens (tertiary/aromatic N) is 1. The molecule has 1 amide bonds. The maximum Gasteiger partial charge on any atom is 0.338 e. The van der Waals surface area contributed by atoms with Gasteiger partial charge in [0.2, 0.25) is 0 Å². The van der Waals surface area contributed by atoms with E-state index < -0.39 is 11.5 Å². The Morgan fingerprint density at radius 1 is 0.938 bits per heavy atom. The summed E-state index contributed by atoms with van der Waals surface area (Å²) < 4.78 is 5.39. The van der Waals surface area contributed by atoms with Crippen LogP contribution in [0.2, 0.25) is 5.15 Å². The number of ether oxygens (including phenoxy) is 1. The molecule has 0 atom stereocenters. The van der Waals surface area contributed by atoms with E-state index >= 15 is 0 Å². The van der Waals surface area contributed by atoms with Crippen LogP contribution in [-0.4, -0.2) is 22.5 Å². The third kappa shape index (κ3) is 6.56. The predicted molar refractivity (Wildman–Crippen MR) is 127 cm³/mol. The van der Waals surface area contributed by atoms with Crippen molar-refractivity contribution in [1.82, 2.24) is 4.98 Å². The number of amides is 1. The number of pyridine rings is 1. The molecular formula is C25H26ClN3O3. The number of aryl methyl sites for hydroxylation is 2. The number of aromatic nitrogens is 1. The van der Waals surface area contributed by atoms with Crippen molar-refractivity contribution in [3.05, 3.63) is 88.2 Å². The van der Waals surface area contributed by atoms with Crippen molar-refractivity contribution in [3.63, 3.8) is 0 Å². The first-order valence-electron chi connectivity index (χ1n) is 10.3. The summed E-state index contributed by atoms with van der Waals surface area (Å²) in [5, 5.41) is 2.98. The summed E-state index contributed by atoms with van der Waals surface area (Å²) in [6, 6.07) is 18.1. The fourth-order valence-electron chi connectivity index (χ4n) is 3.01. The molecule has 0 radical (unpaired) electrons. The Morgan fingerprint density at radius 3 is 2.06 bits per heavy atom. The topological polar surface area (TPSA) is 94.3 Å². The highest BCUT2D eigenvalue weighted by Gasteiger charge is 2.17. The number of rotatable bonds is 6. The Morgan fingerprint density at radius 2 is 1.50 bits per heavy atom. The van der Waals surface area contributed by atoms with Crippen LogP contribution < -0.4 is 11.1 Å². The largest absolute Gasteiger partial charge is 0.456 e. The van der Waals surface area contributed by atoms with Crippen molar-refractivity contribution in [3.8, 4) is 0 Å². The fourth-order valence-corrected chi connectivity index (χ4v) is 3.15. The number of anilines is 2. The molecule has 3 rings (SSSR count). The summed E-state index contributed by atoms with van der Waals surface area (Å²) in [7, 11) is 0. The molecule has 0 spiro atoms. The highest BCUT2D eigenvalue weighted by atomic mass is 35.5. The van der Waals surface area contributed by atoms with Crippen LogP contribution in [0.4, 0.5) is 11.4 Å². The Kier molecular flexibility index (Phi) is 7.15. The van der Waals surface area contributed by atoms with Crippen LogP contribution in [0.5, 0.6) is 0 Å². The van der Waals surface area contributed by atoms with Crippen LogP contribution in [0.3, 0.4) is 0 Å². The van der Waals surface area contributed by atoms with Crippen molar-refractivity contribution in [2.45, 2.75) is 39.2 Å². The predicted octanol–water partition coefficient (Wildman–Crippen LogP) is 5.31. The molecule has 32 heavy (non-hydrogen) atoms. The summed E-state index contributed by atoms with van der Waals surface area (Å²) in [5.74, 6) is -0.737. The van der Waals surface area contributed by atoms with Gasteiger partial charge in [0.1, 0.15) is 10.8 Å². The van der Waals surface area contributed by atoms with Gasteiger partial charge in [-0.3, -0.25) is 4.79 Å². The molecule has 0 aliphatic carbocycles. The first kappa shape index (κ1) is 23.3. The van der Waals surface area contributed by atoms with Gasteiger partial charge in [-0.2, -0.15) is 0 Å². The molecule has 0 bridgehead atoms. The Labute approximate surface area is 192 Å². The molecule has 3 N–H and O–H groups in total. The molecule has 7 heteroatoms. The SMILES string of the molecule is CC(C)(C)OC(=O)c1ccc(CCc2ccc(NC(=O)c3nc(Cl)ccc3N)cc2)cc1. The standard InChI is InChI=1S/C25H26ClN3O3/c1-25(2,3)32-24(31)18-10-6-16(7-11-18)4-5-17-8-12-19(13-9-17)28-23(30)22-20(27)14-15-21(26)29-22/h6-15H,4-5,27H2,1-3H3,(H,28,30). The highest BCUT2D eigenvalue weighted by Crippen LogP contribution is 2.18. The average molecular weight is 452 g/mol. The summed E-state index contributed by atoms with van der Waals surface area (Å²) in [4.78, 5) is 28.5. The van der Waals surface area contributed by atoms with E-state index in [9.17, 15) is 9.59 Å². The third-order valence-electron chi connectivity index (χ3n) is 4.61. The minimum Gasteiger partial charge on any atom is -0.456 e. The second-order valence-corrected chi connectivity index (χ2v) is 8.81. The summed E-state index contributed by atoms with van der Waals surface area (Å²) in [6.45, 7) is 5.54. The molecule has 0 unspecified atom stereocenters. The molecule has 0 saturated heterocycles. The number of benzene rings is 2. The minimum absolute atomic E-state index is 0.0939. The average Bonchev–Trinajstić information content (AvgIpc) is 2.74. The van der Waals surface area contributed by atoms with E-state index in [1.54, 1.807) is 18.2 Å². The number of nitrogen functional groups attached to an aromatic ring is 1. The Hall–Kier alpha value is -3.38. The zero-order valence-electron chi connectivity index (χ0n) is 18.3. The number of carbonyl (C=O) groups excluding carboxylic acids is 2. The van der Waals surface area contributed by atoms with Gasteiger partial charge >= 0.3 is 5.97 Å². The van der Waals surface area contributed by atoms with Crippen LogP contribution in [0.15, 0.2) is 60.7 Å². The smallest absolute Gasteiger partial charge is 0.338 e. The van der Waals surface area contributed by atoms with E-state index in [2.05, 4.69) is 10.3 Å². The van der Waals surface area contributed by atoms with Crippen molar-refractivity contribution in [1.29, 1.82) is 0 Å². The van der Waals surface area contributed by atoms with Gasteiger partial charge in [0.05, 0.1) is 11.3 Å². The lowest BCUT2D eigenvalue weighted by molar-refractivity contribution is 0.00694. The number of hydrogen-bond donors (Lipinski definition) is 2. The lowest BCUT2D eigenvalue weighted by atomic mass is 10.0. The van der Waals surface area contributed by atoms with E-state index in [1.807, 2.05) is 57.2 Å². The Bertz CT molecular complexity index is 1100. The number of carbonyl (C=O) groups is 2. The number of halogens is 1. The van der Waals surface area contributed by atoms with Gasteiger partial charge < -0.3 is 15.8 Å². The Balaban J connectivity index is 1.55. The first-order valence-corrected chi connectivity index (χ1v) is 10.6. The maximum absolute atomic E-state index is 12.4. The maximum atomic E-state index is 12.4. The molecule has 0 aliphatic heterocycles. The molecule has 2 aromatic carbocycles. The molecule has 1 aromatic heterocycles. The lowest BCUT2D eigenvalue weighted by Gasteiger charge is -2.19. The van der Waals surface area contributed by atoms with Crippen LogP contribution in [0.25, 0.3) is 0 Å². The fraction of sp³-hybridized carbons (Fsp3) is 0.240. The molecule has 1 heterocycles. The van der Waals surface area contributed by atoms with Crippen LogP contribution in [0.1, 0.15) is 52.7 Å². The van der Waals surface area contributed by atoms with E-state index in [-0.39, 0.29) is 22.5 Å². The van der Waals surface area contributed by atoms with E-state index in [4.69, 9.17) is 22.1 Å². The molecule has 0 aliphatic rings. The van der Waals surface area contributed by atoms with Gasteiger partial charge in [0, 0.05) is 5.69 Å². The zero-order valence-corrected chi connectivity index (χ0v) is 19.1. The van der Waals surface area contributed by atoms with Crippen LogP contribution >= 0.6 is 11.6 Å². The molecule has 166 valence electrons. The van der Waals surface area contributed by atoms with Crippen molar-refractivity contribution in [2.24, 2.45) is 0 Å². The minimum atomic E-state index is -0.515. The van der Waals surface area contributed by atoms with Crippen LogP contribution in [0, 0.1) is 0 Å². The number of nitrogens with one attached hydrogen (secondary N) is 1. The van der Waals surface area contributed by atoms with Crippen molar-refractivity contribution < 1.29 is 14.3 Å². The second kappa shape index (κ2) is 9.83. The number of nitrogens with two attached hydrogens (primary N) is 1. The van der Waals surface area contributed by atoms with Gasteiger partial charge in [-0.15, -0.1) is 0 Å². The molecule has 0 fully saturated rings. The monoisotopic (exact) mass is 451 g/mol. The van der Waals surface area contributed by atoms with Crippen LogP contribution in [-0.2, 0) is 17.6 Å².